The van der Waals surface area contributed by atoms with Gasteiger partial charge in [-0.25, -0.2) is 4.98 Å². The molecule has 0 radical (unpaired) electrons. The van der Waals surface area contributed by atoms with Gasteiger partial charge in [0.25, 0.3) is 0 Å². The number of nitrogens with two attached hydrogens (primary N) is 1. The number of rotatable bonds is 7. The molecule has 0 unspecified atom stereocenters. The summed E-state index contributed by atoms with van der Waals surface area (Å²) in [4.78, 5) is 8.94. The van der Waals surface area contributed by atoms with Crippen LogP contribution >= 0.6 is 0 Å². The molecule has 1 heterocycles. The number of hydrogen-bond acceptors (Lipinski definition) is 4. The topological polar surface area (TPSA) is 45.4 Å². The molecule has 1 aromatic rings. The lowest BCUT2D eigenvalue weighted by Gasteiger charge is -2.25. The molecule has 4 heteroatoms. The van der Waals surface area contributed by atoms with Crippen LogP contribution in [0.15, 0.2) is 18.3 Å². The highest BCUT2D eigenvalue weighted by Gasteiger charge is 2.07. The summed E-state index contributed by atoms with van der Waals surface area (Å²) in [7, 11) is 4.18. The summed E-state index contributed by atoms with van der Waals surface area (Å²) < 4.78 is 0. The van der Waals surface area contributed by atoms with Gasteiger partial charge in [0.15, 0.2) is 0 Å². The van der Waals surface area contributed by atoms with Gasteiger partial charge in [-0.05, 0) is 38.2 Å². The van der Waals surface area contributed by atoms with Crippen molar-refractivity contribution in [3.05, 3.63) is 23.9 Å². The molecule has 0 aliphatic carbocycles. The third-order valence-corrected chi connectivity index (χ3v) is 2.68. The first-order valence-corrected chi connectivity index (χ1v) is 6.22. The van der Waals surface area contributed by atoms with E-state index in [1.165, 1.54) is 0 Å². The zero-order chi connectivity index (χ0) is 12.7. The Bertz CT molecular complexity index is 325. The van der Waals surface area contributed by atoms with Crippen LogP contribution in [0.5, 0.6) is 0 Å². The highest BCUT2D eigenvalue weighted by molar-refractivity contribution is 5.40. The lowest BCUT2D eigenvalue weighted by molar-refractivity contribution is 0.412. The van der Waals surface area contributed by atoms with Crippen molar-refractivity contribution in [2.24, 2.45) is 5.73 Å². The van der Waals surface area contributed by atoms with Crippen LogP contribution in [0.4, 0.5) is 5.82 Å². The number of hydrogen-bond donors (Lipinski definition) is 1. The van der Waals surface area contributed by atoms with Crippen molar-refractivity contribution in [2.45, 2.75) is 19.9 Å². The predicted octanol–water partition coefficient (Wildman–Crippen LogP) is 1.32. The van der Waals surface area contributed by atoms with Crippen LogP contribution in [0.3, 0.4) is 0 Å². The van der Waals surface area contributed by atoms with Crippen molar-refractivity contribution >= 4 is 5.82 Å². The highest BCUT2D eigenvalue weighted by atomic mass is 15.2. The Balaban J connectivity index is 2.73. The van der Waals surface area contributed by atoms with E-state index in [4.69, 9.17) is 5.73 Å². The Morgan fingerprint density at radius 2 is 2.00 bits per heavy atom. The molecule has 0 bridgehead atoms. The van der Waals surface area contributed by atoms with Crippen molar-refractivity contribution in [1.29, 1.82) is 0 Å². The van der Waals surface area contributed by atoms with Crippen molar-refractivity contribution in [3.63, 3.8) is 0 Å². The fourth-order valence-corrected chi connectivity index (χ4v) is 1.69. The molecule has 17 heavy (non-hydrogen) atoms. The summed E-state index contributed by atoms with van der Waals surface area (Å²) in [6.45, 7) is 5.84. The van der Waals surface area contributed by atoms with Gasteiger partial charge < -0.3 is 15.5 Å². The maximum atomic E-state index is 5.66. The fourth-order valence-electron chi connectivity index (χ4n) is 1.69. The van der Waals surface area contributed by atoms with Gasteiger partial charge in [-0.2, -0.15) is 0 Å². The van der Waals surface area contributed by atoms with E-state index in [-0.39, 0.29) is 0 Å². The first-order valence-electron chi connectivity index (χ1n) is 6.22. The molecule has 1 aromatic heterocycles. The van der Waals surface area contributed by atoms with Crippen LogP contribution in [0.25, 0.3) is 0 Å². The summed E-state index contributed by atoms with van der Waals surface area (Å²) >= 11 is 0. The van der Waals surface area contributed by atoms with Gasteiger partial charge in [0, 0.05) is 32.4 Å². The Morgan fingerprint density at radius 3 is 2.59 bits per heavy atom. The number of anilines is 1. The monoisotopic (exact) mass is 236 g/mol. The van der Waals surface area contributed by atoms with Crippen LogP contribution < -0.4 is 10.6 Å². The van der Waals surface area contributed by atoms with Crippen LogP contribution in [0.1, 0.15) is 18.9 Å². The second-order valence-electron chi connectivity index (χ2n) is 4.52. The van der Waals surface area contributed by atoms with Gasteiger partial charge >= 0.3 is 0 Å². The lowest BCUT2D eigenvalue weighted by Crippen LogP contribution is -2.33. The molecule has 0 aliphatic rings. The standard InChI is InChI=1S/C13H24N4/c1-4-7-17(9-8-16(2)3)13-10-12(11-14)5-6-15-13/h5-6,10H,4,7-9,11,14H2,1-3H3. The molecule has 1 rings (SSSR count). The molecular weight excluding hydrogens is 212 g/mol. The second kappa shape index (κ2) is 7.25. The zero-order valence-electron chi connectivity index (χ0n) is 11.2. The second-order valence-corrected chi connectivity index (χ2v) is 4.52. The highest BCUT2D eigenvalue weighted by Crippen LogP contribution is 2.12. The molecule has 0 amide bonds. The van der Waals surface area contributed by atoms with Gasteiger partial charge in [-0.1, -0.05) is 6.92 Å². The molecule has 0 spiro atoms. The quantitative estimate of drug-likeness (QED) is 0.775. The fraction of sp³-hybridized carbons (Fsp3) is 0.615. The normalized spacial score (nSPS) is 10.9. The van der Waals surface area contributed by atoms with Crippen LogP contribution in [-0.2, 0) is 6.54 Å². The molecule has 0 saturated carbocycles. The zero-order valence-corrected chi connectivity index (χ0v) is 11.2. The average Bonchev–Trinajstić information content (AvgIpc) is 2.34. The SMILES string of the molecule is CCCN(CCN(C)C)c1cc(CN)ccn1. The lowest BCUT2D eigenvalue weighted by atomic mass is 10.2. The van der Waals surface area contributed by atoms with Gasteiger partial charge in [0.1, 0.15) is 5.82 Å². The number of pyridine rings is 1. The van der Waals surface area contributed by atoms with Gasteiger partial charge in [-0.3, -0.25) is 0 Å². The third-order valence-electron chi connectivity index (χ3n) is 2.68. The van der Waals surface area contributed by atoms with Crippen molar-refractivity contribution in [2.75, 3.05) is 38.6 Å². The summed E-state index contributed by atoms with van der Waals surface area (Å²) in [5, 5.41) is 0. The molecule has 0 aromatic carbocycles. The summed E-state index contributed by atoms with van der Waals surface area (Å²) in [5.41, 5.74) is 6.80. The largest absolute Gasteiger partial charge is 0.355 e. The molecular formula is C13H24N4. The van der Waals surface area contributed by atoms with E-state index < -0.39 is 0 Å². The van der Waals surface area contributed by atoms with Crippen LogP contribution in [0.2, 0.25) is 0 Å². The molecule has 4 nitrogen and oxygen atoms in total. The summed E-state index contributed by atoms with van der Waals surface area (Å²) in [5.74, 6) is 1.04. The number of nitrogens with zero attached hydrogens (tertiary/aromatic N) is 3. The van der Waals surface area contributed by atoms with Crippen LogP contribution in [0, 0.1) is 0 Å². The third kappa shape index (κ3) is 4.71. The smallest absolute Gasteiger partial charge is 0.128 e. The van der Waals surface area contributed by atoms with E-state index in [0.29, 0.717) is 6.54 Å². The van der Waals surface area contributed by atoms with E-state index >= 15 is 0 Å². The first kappa shape index (κ1) is 13.9. The molecule has 0 atom stereocenters. The van der Waals surface area contributed by atoms with Gasteiger partial charge in [0.2, 0.25) is 0 Å². The minimum atomic E-state index is 0.573. The molecule has 0 fully saturated rings. The molecule has 96 valence electrons. The molecule has 0 saturated heterocycles. The maximum Gasteiger partial charge on any atom is 0.128 e. The Morgan fingerprint density at radius 1 is 1.24 bits per heavy atom. The number of aromatic nitrogens is 1. The minimum Gasteiger partial charge on any atom is -0.355 e. The van der Waals surface area contributed by atoms with E-state index in [9.17, 15) is 0 Å². The summed E-state index contributed by atoms with van der Waals surface area (Å²) in [6, 6.07) is 4.06. The average molecular weight is 236 g/mol. The Kier molecular flexibility index (Phi) is 5.94. The molecule has 0 aliphatic heterocycles. The number of likely N-dealkylation sites (N-methyl/N-ethyl adjacent to an activating group) is 1. The van der Waals surface area contributed by atoms with E-state index in [1.807, 2.05) is 12.3 Å². The van der Waals surface area contributed by atoms with E-state index in [2.05, 4.69) is 41.9 Å². The van der Waals surface area contributed by atoms with E-state index in [1.54, 1.807) is 0 Å². The van der Waals surface area contributed by atoms with Crippen LogP contribution in [-0.4, -0.2) is 43.6 Å². The van der Waals surface area contributed by atoms with Crippen molar-refractivity contribution in [3.8, 4) is 0 Å². The van der Waals surface area contributed by atoms with Crippen molar-refractivity contribution < 1.29 is 0 Å². The predicted molar refractivity (Wildman–Crippen MR) is 73.2 cm³/mol. The first-order chi connectivity index (χ1) is 8.17. The Labute approximate surface area is 104 Å². The Hall–Kier alpha value is -1.13. The summed E-state index contributed by atoms with van der Waals surface area (Å²) in [6.07, 6.45) is 2.97. The van der Waals surface area contributed by atoms with Gasteiger partial charge in [0.05, 0.1) is 0 Å². The minimum absolute atomic E-state index is 0.573. The molecule has 2 N–H and O–H groups in total. The maximum absolute atomic E-state index is 5.66. The van der Waals surface area contributed by atoms with Gasteiger partial charge in [-0.15, -0.1) is 0 Å². The van der Waals surface area contributed by atoms with E-state index in [0.717, 1.165) is 37.4 Å². The van der Waals surface area contributed by atoms with Crippen molar-refractivity contribution in [1.82, 2.24) is 9.88 Å².